The minimum absolute atomic E-state index is 0. The second kappa shape index (κ2) is 3.11. The fraction of sp³-hybridized carbons (Fsp3) is 1.00. The maximum atomic E-state index is 10.7. The molecular weight excluding hydrogens is 194 g/mol. The topological polar surface area (TPSA) is 54.4 Å². The average Bonchev–Trinajstić information content (AvgIpc) is 1.25. The van der Waals surface area contributed by atoms with Crippen molar-refractivity contribution in [2.45, 2.75) is 5.51 Å². The molecule has 0 unspecified atom stereocenters. The molecule has 0 atom stereocenters. The Labute approximate surface area is 67.8 Å². The normalized spacial score (nSPS) is 12.4. The van der Waals surface area contributed by atoms with Crippen molar-refractivity contribution in [3.05, 3.63) is 0 Å². The first kappa shape index (κ1) is 12.3. The van der Waals surface area contributed by atoms with Crippen LogP contribution < -0.4 is 0 Å². The van der Waals surface area contributed by atoms with E-state index in [4.69, 9.17) is 13.0 Å². The molecule has 0 amide bonds. The van der Waals surface area contributed by atoms with Crippen molar-refractivity contribution in [1.29, 1.82) is 0 Å². The van der Waals surface area contributed by atoms with Crippen molar-refractivity contribution in [3.63, 3.8) is 0 Å². The maximum Gasteiger partial charge on any atom is 0.522 e. The van der Waals surface area contributed by atoms with Crippen LogP contribution in [-0.2, 0) is 36.0 Å². The van der Waals surface area contributed by atoms with Crippen LogP contribution in [0.15, 0.2) is 0 Å². The molecule has 0 saturated carbocycles. The van der Waals surface area contributed by atoms with E-state index in [1.807, 2.05) is 0 Å². The van der Waals surface area contributed by atoms with Crippen LogP contribution in [0.3, 0.4) is 0 Å². The van der Waals surface area contributed by atoms with Gasteiger partial charge in [0.25, 0.3) is 0 Å². The van der Waals surface area contributed by atoms with Gasteiger partial charge in [0.2, 0.25) is 0 Å². The standard InChI is InChI=1S/CHF3O3S.Sc/c2-1(3,4)8(5,6)7;/h(H,5,6,7);. The van der Waals surface area contributed by atoms with Gasteiger partial charge < -0.3 is 0 Å². The van der Waals surface area contributed by atoms with E-state index in [1.54, 1.807) is 0 Å². The number of halogens is 3. The van der Waals surface area contributed by atoms with Gasteiger partial charge in [0.05, 0.1) is 0 Å². The molecule has 1 radical (unpaired) electrons. The first-order valence-electron chi connectivity index (χ1n) is 1.29. The largest absolute Gasteiger partial charge is 0.522 e. The second-order valence-corrected chi connectivity index (χ2v) is 2.33. The van der Waals surface area contributed by atoms with E-state index in [0.717, 1.165) is 0 Å². The van der Waals surface area contributed by atoms with Crippen LogP contribution in [-0.4, -0.2) is 18.5 Å². The molecule has 0 aromatic carbocycles. The minimum Gasteiger partial charge on any atom is -0.279 e. The van der Waals surface area contributed by atoms with Gasteiger partial charge in [-0.15, -0.1) is 0 Å². The Morgan fingerprint density at radius 3 is 1.33 bits per heavy atom. The van der Waals surface area contributed by atoms with E-state index >= 15 is 0 Å². The van der Waals surface area contributed by atoms with E-state index in [2.05, 4.69) is 0 Å². The van der Waals surface area contributed by atoms with E-state index in [1.165, 1.54) is 0 Å². The van der Waals surface area contributed by atoms with Gasteiger partial charge >= 0.3 is 15.6 Å². The third-order valence-electron chi connectivity index (χ3n) is 0.292. The van der Waals surface area contributed by atoms with Crippen LogP contribution >= 0.6 is 0 Å². The molecule has 8 heteroatoms. The van der Waals surface area contributed by atoms with Crippen molar-refractivity contribution in [2.75, 3.05) is 0 Å². The fourth-order valence-corrected chi connectivity index (χ4v) is 0. The summed E-state index contributed by atoms with van der Waals surface area (Å²) in [4.78, 5) is 0. The van der Waals surface area contributed by atoms with Gasteiger partial charge in [-0.25, -0.2) is 0 Å². The van der Waals surface area contributed by atoms with Crippen molar-refractivity contribution < 1.29 is 52.0 Å². The summed E-state index contributed by atoms with van der Waals surface area (Å²) < 4.78 is 57.5. The molecule has 0 saturated heterocycles. The van der Waals surface area contributed by atoms with E-state index in [9.17, 15) is 13.2 Å². The van der Waals surface area contributed by atoms with Crippen LogP contribution in [0.5, 0.6) is 0 Å². The fourth-order valence-electron chi connectivity index (χ4n) is 0. The van der Waals surface area contributed by atoms with Crippen molar-refractivity contribution in [3.8, 4) is 0 Å². The third kappa shape index (κ3) is 4.04. The molecule has 1 N–H and O–H groups in total. The molecular formula is CHF3O3SSc. The Morgan fingerprint density at radius 1 is 1.22 bits per heavy atom. The Hall–Kier alpha value is 0.570. The van der Waals surface area contributed by atoms with Gasteiger partial charge in [-0.3, -0.25) is 4.55 Å². The van der Waals surface area contributed by atoms with Crippen molar-refractivity contribution in [2.24, 2.45) is 0 Å². The average molecular weight is 195 g/mol. The van der Waals surface area contributed by atoms with Gasteiger partial charge in [0.15, 0.2) is 0 Å². The van der Waals surface area contributed by atoms with Crippen LogP contribution in [0, 0.1) is 0 Å². The Kier molecular flexibility index (Phi) is 4.24. The van der Waals surface area contributed by atoms with Gasteiger partial charge in [0, 0.05) is 25.8 Å². The Balaban J connectivity index is 0. The Bertz CT molecular complexity index is 168. The predicted octanol–water partition coefficient (Wildman–Crippen LogP) is 0.392. The summed E-state index contributed by atoms with van der Waals surface area (Å²) in [6, 6.07) is 0. The van der Waals surface area contributed by atoms with Gasteiger partial charge in [0.1, 0.15) is 0 Å². The van der Waals surface area contributed by atoms with Crippen LogP contribution in [0.25, 0.3) is 0 Å². The van der Waals surface area contributed by atoms with E-state index in [0.29, 0.717) is 0 Å². The minimum atomic E-state index is -5.84. The first-order chi connectivity index (χ1) is 3.25. The molecule has 0 aromatic heterocycles. The molecule has 9 heavy (non-hydrogen) atoms. The van der Waals surface area contributed by atoms with Crippen LogP contribution in [0.4, 0.5) is 13.2 Å². The summed E-state index contributed by atoms with van der Waals surface area (Å²) in [5.41, 5.74) is -5.53. The summed E-state index contributed by atoms with van der Waals surface area (Å²) in [6.45, 7) is 0. The monoisotopic (exact) mass is 195 g/mol. The molecule has 0 spiro atoms. The quantitative estimate of drug-likeness (QED) is 0.449. The summed E-state index contributed by atoms with van der Waals surface area (Å²) in [5.74, 6) is 0. The van der Waals surface area contributed by atoms with Gasteiger partial charge in [-0.1, -0.05) is 0 Å². The molecule has 0 fully saturated rings. The molecule has 3 nitrogen and oxygen atoms in total. The number of hydrogen-bond donors (Lipinski definition) is 1. The van der Waals surface area contributed by atoms with Crippen LogP contribution in [0.1, 0.15) is 0 Å². The van der Waals surface area contributed by atoms with E-state index < -0.39 is 15.6 Å². The third-order valence-corrected chi connectivity index (χ3v) is 0.877. The first-order valence-corrected chi connectivity index (χ1v) is 2.73. The van der Waals surface area contributed by atoms with E-state index in [-0.39, 0.29) is 25.8 Å². The molecule has 0 aromatic rings. The van der Waals surface area contributed by atoms with Gasteiger partial charge in [-0.2, -0.15) is 21.6 Å². The smallest absolute Gasteiger partial charge is 0.279 e. The van der Waals surface area contributed by atoms with Crippen LogP contribution in [0.2, 0.25) is 0 Å². The molecule has 0 bridgehead atoms. The summed E-state index contributed by atoms with van der Waals surface area (Å²) >= 11 is 0. The summed E-state index contributed by atoms with van der Waals surface area (Å²) in [7, 11) is -5.84. The zero-order chi connectivity index (χ0) is 7.00. The maximum absolute atomic E-state index is 10.7. The second-order valence-electron chi connectivity index (χ2n) is 0.921. The van der Waals surface area contributed by atoms with Crippen molar-refractivity contribution >= 4 is 10.1 Å². The number of alkyl halides is 3. The zero-order valence-corrected chi connectivity index (χ0v) is 6.50. The Morgan fingerprint density at radius 2 is 1.33 bits per heavy atom. The molecule has 0 heterocycles. The van der Waals surface area contributed by atoms with Crippen molar-refractivity contribution in [1.82, 2.24) is 0 Å². The molecule has 53 valence electrons. The molecule has 0 aliphatic heterocycles. The number of hydrogen-bond acceptors (Lipinski definition) is 2. The number of rotatable bonds is 0. The predicted molar refractivity (Wildman–Crippen MR) is 17.6 cm³/mol. The summed E-state index contributed by atoms with van der Waals surface area (Å²) in [5, 5.41) is 0. The SMILES string of the molecule is O=S(=O)(O)C(F)(F)F.[Sc]. The zero-order valence-electron chi connectivity index (χ0n) is 3.88. The molecule has 0 aliphatic rings. The molecule has 0 aliphatic carbocycles. The molecule has 0 rings (SSSR count). The summed E-state index contributed by atoms with van der Waals surface area (Å²) in [6.07, 6.45) is 0. The van der Waals surface area contributed by atoms with Gasteiger partial charge in [-0.05, 0) is 0 Å².